The molecule has 0 saturated carbocycles. The second-order valence-corrected chi connectivity index (χ2v) is 7.06. The molecule has 1 saturated heterocycles. The number of hydrogen-bond acceptors (Lipinski definition) is 4. The van der Waals surface area contributed by atoms with Crippen LogP contribution in [-0.2, 0) is 0 Å². The van der Waals surface area contributed by atoms with E-state index in [0.29, 0.717) is 18.8 Å². The SMILES string of the molecule is CN=C(NCCSc1ccccc1)N1CCN(C(=O)c2ccco2)CC1. The van der Waals surface area contributed by atoms with E-state index in [-0.39, 0.29) is 5.91 Å². The summed E-state index contributed by atoms with van der Waals surface area (Å²) in [6.45, 7) is 3.70. The standard InChI is InChI=1S/C19H24N4O2S/c1-20-19(21-9-15-26-16-6-3-2-4-7-16)23-12-10-22(11-13-23)18(24)17-8-5-14-25-17/h2-8,14H,9-13,15H2,1H3,(H,20,21). The number of rotatable bonds is 5. The normalized spacial score (nSPS) is 15.2. The summed E-state index contributed by atoms with van der Waals surface area (Å²) in [6.07, 6.45) is 1.53. The van der Waals surface area contributed by atoms with Gasteiger partial charge in [-0.3, -0.25) is 9.79 Å². The van der Waals surface area contributed by atoms with Gasteiger partial charge in [0.05, 0.1) is 6.26 Å². The third-order valence-electron chi connectivity index (χ3n) is 4.21. The fraction of sp³-hybridized carbons (Fsp3) is 0.368. The van der Waals surface area contributed by atoms with Crippen molar-refractivity contribution in [2.45, 2.75) is 4.90 Å². The molecule has 3 rings (SSSR count). The summed E-state index contributed by atoms with van der Waals surface area (Å²) in [6, 6.07) is 13.8. The summed E-state index contributed by atoms with van der Waals surface area (Å²) < 4.78 is 5.20. The van der Waals surface area contributed by atoms with Gasteiger partial charge in [0.1, 0.15) is 0 Å². The van der Waals surface area contributed by atoms with E-state index in [0.717, 1.165) is 31.3 Å². The van der Waals surface area contributed by atoms with Gasteiger partial charge in [0, 0.05) is 50.4 Å². The van der Waals surface area contributed by atoms with Crippen molar-refractivity contribution in [1.82, 2.24) is 15.1 Å². The monoisotopic (exact) mass is 372 g/mol. The molecule has 1 N–H and O–H groups in total. The number of nitrogens with one attached hydrogen (secondary N) is 1. The number of furan rings is 1. The molecule has 0 spiro atoms. The van der Waals surface area contributed by atoms with Gasteiger partial charge in [-0.2, -0.15) is 0 Å². The average molecular weight is 372 g/mol. The Morgan fingerprint density at radius 2 is 1.85 bits per heavy atom. The molecule has 6 nitrogen and oxygen atoms in total. The van der Waals surface area contributed by atoms with Gasteiger partial charge in [-0.1, -0.05) is 18.2 Å². The molecule has 1 amide bonds. The van der Waals surface area contributed by atoms with E-state index in [1.54, 1.807) is 19.2 Å². The Hall–Kier alpha value is -2.41. The number of carbonyl (C=O) groups is 1. The molecular formula is C19H24N4O2S. The van der Waals surface area contributed by atoms with Crippen LogP contribution >= 0.6 is 11.8 Å². The minimum atomic E-state index is -0.0446. The lowest BCUT2D eigenvalue weighted by molar-refractivity contribution is 0.0658. The van der Waals surface area contributed by atoms with E-state index in [1.165, 1.54) is 11.2 Å². The summed E-state index contributed by atoms with van der Waals surface area (Å²) in [5, 5.41) is 3.41. The largest absolute Gasteiger partial charge is 0.459 e. The number of hydrogen-bond donors (Lipinski definition) is 1. The third-order valence-corrected chi connectivity index (χ3v) is 5.22. The van der Waals surface area contributed by atoms with Crippen molar-refractivity contribution in [3.63, 3.8) is 0 Å². The van der Waals surface area contributed by atoms with Gasteiger partial charge in [0.25, 0.3) is 5.91 Å². The lowest BCUT2D eigenvalue weighted by atomic mass is 10.3. The number of thioether (sulfide) groups is 1. The van der Waals surface area contributed by atoms with Crippen LogP contribution < -0.4 is 5.32 Å². The number of benzene rings is 1. The molecular weight excluding hydrogens is 348 g/mol. The molecule has 2 heterocycles. The van der Waals surface area contributed by atoms with Gasteiger partial charge >= 0.3 is 0 Å². The molecule has 1 aliphatic heterocycles. The third kappa shape index (κ3) is 4.82. The number of guanidine groups is 1. The number of piperazine rings is 1. The van der Waals surface area contributed by atoms with Gasteiger partial charge in [0.2, 0.25) is 0 Å². The van der Waals surface area contributed by atoms with Crippen molar-refractivity contribution in [1.29, 1.82) is 0 Å². The van der Waals surface area contributed by atoms with Gasteiger partial charge in [-0.05, 0) is 24.3 Å². The van der Waals surface area contributed by atoms with Crippen LogP contribution in [0.3, 0.4) is 0 Å². The Balaban J connectivity index is 1.41. The Morgan fingerprint density at radius 1 is 1.12 bits per heavy atom. The molecule has 0 unspecified atom stereocenters. The maximum atomic E-state index is 12.3. The highest BCUT2D eigenvalue weighted by atomic mass is 32.2. The highest BCUT2D eigenvalue weighted by Crippen LogP contribution is 2.16. The number of amides is 1. The summed E-state index contributed by atoms with van der Waals surface area (Å²) in [4.78, 5) is 22.0. The van der Waals surface area contributed by atoms with Crippen molar-refractivity contribution < 1.29 is 9.21 Å². The average Bonchev–Trinajstić information content (AvgIpc) is 3.23. The van der Waals surface area contributed by atoms with Gasteiger partial charge in [0.15, 0.2) is 11.7 Å². The van der Waals surface area contributed by atoms with E-state index in [9.17, 15) is 4.79 Å². The van der Waals surface area contributed by atoms with E-state index < -0.39 is 0 Å². The second-order valence-electron chi connectivity index (χ2n) is 5.89. The quantitative estimate of drug-likeness (QED) is 0.378. The Bertz CT molecular complexity index is 710. The lowest BCUT2D eigenvalue weighted by Gasteiger charge is -2.36. The van der Waals surface area contributed by atoms with Crippen LogP contribution in [0.2, 0.25) is 0 Å². The van der Waals surface area contributed by atoms with Crippen LogP contribution in [0.1, 0.15) is 10.6 Å². The second kappa shape index (κ2) is 9.33. The number of carbonyl (C=O) groups excluding carboxylic acids is 1. The van der Waals surface area contributed by atoms with Crippen molar-refractivity contribution in [3.05, 3.63) is 54.5 Å². The van der Waals surface area contributed by atoms with Crippen molar-refractivity contribution in [3.8, 4) is 0 Å². The van der Waals surface area contributed by atoms with Crippen LogP contribution in [0.5, 0.6) is 0 Å². The summed E-state index contributed by atoms with van der Waals surface area (Å²) in [5.74, 6) is 2.22. The molecule has 0 radical (unpaired) electrons. The predicted octanol–water partition coefficient (Wildman–Crippen LogP) is 2.41. The Labute approximate surface area is 158 Å². The molecule has 2 aromatic rings. The zero-order valence-corrected chi connectivity index (χ0v) is 15.7. The van der Waals surface area contributed by atoms with E-state index in [1.807, 2.05) is 22.7 Å². The predicted molar refractivity (Wildman–Crippen MR) is 105 cm³/mol. The van der Waals surface area contributed by atoms with E-state index in [4.69, 9.17) is 4.42 Å². The molecule has 0 bridgehead atoms. The molecule has 1 aliphatic rings. The van der Waals surface area contributed by atoms with Crippen LogP contribution in [-0.4, -0.2) is 67.2 Å². The molecule has 1 aromatic carbocycles. The maximum Gasteiger partial charge on any atom is 0.289 e. The molecule has 138 valence electrons. The zero-order chi connectivity index (χ0) is 18.2. The van der Waals surface area contributed by atoms with Crippen LogP contribution in [0.25, 0.3) is 0 Å². The van der Waals surface area contributed by atoms with Crippen molar-refractivity contribution in [2.24, 2.45) is 4.99 Å². The van der Waals surface area contributed by atoms with Crippen LogP contribution in [0.15, 0.2) is 63.0 Å². The minimum Gasteiger partial charge on any atom is -0.459 e. The smallest absolute Gasteiger partial charge is 0.289 e. The Morgan fingerprint density at radius 3 is 2.50 bits per heavy atom. The minimum absolute atomic E-state index is 0.0446. The van der Waals surface area contributed by atoms with Gasteiger partial charge in [-0.25, -0.2) is 0 Å². The topological polar surface area (TPSA) is 61.1 Å². The molecule has 0 aliphatic carbocycles. The number of aliphatic imine (C=N–C) groups is 1. The first-order valence-corrected chi connectivity index (χ1v) is 9.72. The zero-order valence-electron chi connectivity index (χ0n) is 14.9. The van der Waals surface area contributed by atoms with Crippen LogP contribution in [0, 0.1) is 0 Å². The van der Waals surface area contributed by atoms with Gasteiger partial charge < -0.3 is 19.5 Å². The first kappa shape index (κ1) is 18.4. The molecule has 0 atom stereocenters. The highest BCUT2D eigenvalue weighted by Gasteiger charge is 2.24. The first-order chi connectivity index (χ1) is 12.8. The summed E-state index contributed by atoms with van der Waals surface area (Å²) in [7, 11) is 1.80. The highest BCUT2D eigenvalue weighted by molar-refractivity contribution is 7.99. The summed E-state index contributed by atoms with van der Waals surface area (Å²) >= 11 is 1.82. The molecule has 1 aromatic heterocycles. The molecule has 7 heteroatoms. The maximum absolute atomic E-state index is 12.3. The van der Waals surface area contributed by atoms with Crippen LogP contribution in [0.4, 0.5) is 0 Å². The lowest BCUT2D eigenvalue weighted by Crippen LogP contribution is -2.54. The van der Waals surface area contributed by atoms with E-state index in [2.05, 4.69) is 39.5 Å². The van der Waals surface area contributed by atoms with Crippen molar-refractivity contribution in [2.75, 3.05) is 45.5 Å². The fourth-order valence-electron chi connectivity index (χ4n) is 2.86. The Kier molecular flexibility index (Phi) is 6.60. The molecule has 1 fully saturated rings. The van der Waals surface area contributed by atoms with Gasteiger partial charge in [-0.15, -0.1) is 11.8 Å². The molecule has 26 heavy (non-hydrogen) atoms. The number of nitrogens with zero attached hydrogens (tertiary/aromatic N) is 3. The first-order valence-electron chi connectivity index (χ1n) is 8.74. The van der Waals surface area contributed by atoms with Crippen molar-refractivity contribution >= 4 is 23.6 Å². The fourth-order valence-corrected chi connectivity index (χ4v) is 3.65. The summed E-state index contributed by atoms with van der Waals surface area (Å²) in [5.41, 5.74) is 0. The van der Waals surface area contributed by atoms with E-state index >= 15 is 0 Å².